The molecule has 0 aliphatic heterocycles. The van der Waals surface area contributed by atoms with Crippen LogP contribution >= 0.6 is 12.4 Å². The van der Waals surface area contributed by atoms with Crippen molar-refractivity contribution in [2.75, 3.05) is 26.2 Å². The minimum Gasteiger partial charge on any atom is -0.464 e. The van der Waals surface area contributed by atoms with Gasteiger partial charge in [-0.1, -0.05) is 46.5 Å². The molecule has 0 bridgehead atoms. The van der Waals surface area contributed by atoms with Crippen molar-refractivity contribution < 1.29 is 9.53 Å². The lowest BCUT2D eigenvalue weighted by atomic mass is 9.71. The Morgan fingerprint density at radius 1 is 1.10 bits per heavy atom. The first-order chi connectivity index (χ1) is 9.18. The van der Waals surface area contributed by atoms with Crippen LogP contribution in [0.1, 0.15) is 65.7 Å². The largest absolute Gasteiger partial charge is 0.464 e. The molecule has 0 aromatic heterocycles. The Morgan fingerprint density at radius 2 is 1.70 bits per heavy atom. The molecule has 0 aromatic carbocycles. The molecule has 0 amide bonds. The van der Waals surface area contributed by atoms with Crippen LogP contribution in [0.15, 0.2) is 0 Å². The summed E-state index contributed by atoms with van der Waals surface area (Å²) in [5, 5.41) is 0. The summed E-state index contributed by atoms with van der Waals surface area (Å²) in [6.07, 6.45) is 7.78. The lowest BCUT2D eigenvalue weighted by Crippen LogP contribution is -2.37. The summed E-state index contributed by atoms with van der Waals surface area (Å²) in [4.78, 5) is 14.7. The number of likely N-dealkylation sites (N-methyl/N-ethyl adjacent to an activating group) is 1. The molecule has 1 fully saturated rings. The van der Waals surface area contributed by atoms with Gasteiger partial charge in [-0.05, 0) is 32.4 Å². The van der Waals surface area contributed by atoms with Gasteiger partial charge >= 0.3 is 5.97 Å². The summed E-state index contributed by atoms with van der Waals surface area (Å²) < 4.78 is 5.59. The second kappa shape index (κ2) is 10.4. The quantitative estimate of drug-likeness (QED) is 0.634. The Morgan fingerprint density at radius 3 is 2.20 bits per heavy atom. The van der Waals surface area contributed by atoms with Crippen molar-refractivity contribution in [1.29, 1.82) is 0 Å². The number of carbonyl (C=O) groups is 1. The number of esters is 1. The Bertz CT molecular complexity index is 256. The fraction of sp³-hybridized carbons (Fsp3) is 0.938. The molecule has 0 unspecified atom stereocenters. The van der Waals surface area contributed by atoms with Gasteiger partial charge in [0, 0.05) is 6.54 Å². The first-order valence-corrected chi connectivity index (χ1v) is 8.08. The predicted molar refractivity (Wildman–Crippen MR) is 86.4 cm³/mol. The van der Waals surface area contributed by atoms with Gasteiger partial charge in [-0.25, -0.2) is 0 Å². The zero-order valence-electron chi connectivity index (χ0n) is 13.5. The Hall–Kier alpha value is -0.280. The van der Waals surface area contributed by atoms with Crippen molar-refractivity contribution in [2.45, 2.75) is 65.7 Å². The highest BCUT2D eigenvalue weighted by Crippen LogP contribution is 2.41. The molecule has 1 aliphatic carbocycles. The molecule has 1 rings (SSSR count). The van der Waals surface area contributed by atoms with Crippen LogP contribution in [0.3, 0.4) is 0 Å². The average Bonchev–Trinajstić information content (AvgIpc) is 2.44. The molecule has 3 nitrogen and oxygen atoms in total. The molecular formula is C16H32ClNO2. The second-order valence-corrected chi connectivity index (χ2v) is 5.75. The fourth-order valence-electron chi connectivity index (χ4n) is 3.22. The van der Waals surface area contributed by atoms with E-state index in [2.05, 4.69) is 25.7 Å². The standard InChI is InChI=1S/C16H31NO2.ClH/c1-4-10-16(11-8-7-9-12-16)15(18)19-14-13-17(5-2)6-3;/h4-14H2,1-3H3;1H. The van der Waals surface area contributed by atoms with Gasteiger partial charge in [0.2, 0.25) is 0 Å². The van der Waals surface area contributed by atoms with Crippen LogP contribution in [0.4, 0.5) is 0 Å². The molecule has 1 aliphatic rings. The zero-order chi connectivity index (χ0) is 14.1. The maximum Gasteiger partial charge on any atom is 0.312 e. The molecule has 0 spiro atoms. The van der Waals surface area contributed by atoms with Gasteiger partial charge in [0.15, 0.2) is 0 Å². The van der Waals surface area contributed by atoms with Gasteiger partial charge in [0.25, 0.3) is 0 Å². The molecule has 4 heteroatoms. The molecule has 0 N–H and O–H groups in total. The molecule has 20 heavy (non-hydrogen) atoms. The fourth-order valence-corrected chi connectivity index (χ4v) is 3.22. The van der Waals surface area contributed by atoms with Gasteiger partial charge in [0.1, 0.15) is 6.61 Å². The summed E-state index contributed by atoms with van der Waals surface area (Å²) in [6.45, 7) is 9.91. The molecule has 0 saturated heterocycles. The third-order valence-electron chi connectivity index (χ3n) is 4.51. The monoisotopic (exact) mass is 305 g/mol. The van der Waals surface area contributed by atoms with E-state index in [9.17, 15) is 4.79 Å². The van der Waals surface area contributed by atoms with Gasteiger partial charge in [-0.3, -0.25) is 4.79 Å². The Kier molecular flexibility index (Phi) is 10.3. The molecule has 0 atom stereocenters. The number of rotatable bonds is 8. The van der Waals surface area contributed by atoms with E-state index in [0.29, 0.717) is 6.61 Å². The summed E-state index contributed by atoms with van der Waals surface area (Å²) in [6, 6.07) is 0. The molecule has 1 saturated carbocycles. The maximum atomic E-state index is 12.4. The van der Waals surface area contributed by atoms with E-state index in [4.69, 9.17) is 4.74 Å². The van der Waals surface area contributed by atoms with Crippen LogP contribution in [0.2, 0.25) is 0 Å². The number of ether oxygens (including phenoxy) is 1. The summed E-state index contributed by atoms with van der Waals surface area (Å²) in [7, 11) is 0. The predicted octanol–water partition coefficient (Wildman–Crippen LogP) is 4.04. The smallest absolute Gasteiger partial charge is 0.312 e. The Balaban J connectivity index is 0.00000361. The van der Waals surface area contributed by atoms with Crippen LogP contribution < -0.4 is 0 Å². The third kappa shape index (κ3) is 5.61. The topological polar surface area (TPSA) is 29.5 Å². The maximum absolute atomic E-state index is 12.4. The lowest BCUT2D eigenvalue weighted by Gasteiger charge is -2.35. The van der Waals surface area contributed by atoms with Gasteiger partial charge in [0.05, 0.1) is 5.41 Å². The number of hydrogen-bond acceptors (Lipinski definition) is 3. The van der Waals surface area contributed by atoms with Crippen molar-refractivity contribution in [3.05, 3.63) is 0 Å². The number of hydrogen-bond donors (Lipinski definition) is 0. The van der Waals surface area contributed by atoms with Crippen molar-refractivity contribution in [2.24, 2.45) is 5.41 Å². The molecule has 120 valence electrons. The van der Waals surface area contributed by atoms with Crippen LogP contribution in [0, 0.1) is 5.41 Å². The average molecular weight is 306 g/mol. The first kappa shape index (κ1) is 19.7. The van der Waals surface area contributed by atoms with Crippen LogP contribution in [0.25, 0.3) is 0 Å². The summed E-state index contributed by atoms with van der Waals surface area (Å²) in [5.74, 6) is 0.0706. The summed E-state index contributed by atoms with van der Waals surface area (Å²) >= 11 is 0. The molecule has 0 heterocycles. The number of halogens is 1. The van der Waals surface area contributed by atoms with E-state index in [1.807, 2.05) is 0 Å². The lowest BCUT2D eigenvalue weighted by molar-refractivity contribution is -0.159. The zero-order valence-corrected chi connectivity index (χ0v) is 14.3. The third-order valence-corrected chi connectivity index (χ3v) is 4.51. The van der Waals surface area contributed by atoms with Crippen LogP contribution in [-0.2, 0) is 9.53 Å². The number of carbonyl (C=O) groups excluding carboxylic acids is 1. The van der Waals surface area contributed by atoms with Crippen molar-refractivity contribution >= 4 is 18.4 Å². The number of nitrogens with zero attached hydrogens (tertiary/aromatic N) is 1. The minimum absolute atomic E-state index is 0. The SMILES string of the molecule is CCCC1(C(=O)OCCN(CC)CC)CCCCC1.Cl. The van der Waals surface area contributed by atoms with Gasteiger partial charge in [-0.2, -0.15) is 0 Å². The van der Waals surface area contributed by atoms with E-state index in [0.717, 1.165) is 45.3 Å². The molecule has 0 radical (unpaired) electrons. The molecule has 0 aromatic rings. The van der Waals surface area contributed by atoms with Crippen LogP contribution in [-0.4, -0.2) is 37.1 Å². The normalized spacial score (nSPS) is 17.6. The van der Waals surface area contributed by atoms with Gasteiger partial charge in [-0.15, -0.1) is 12.4 Å². The van der Waals surface area contributed by atoms with Gasteiger partial charge < -0.3 is 9.64 Å². The van der Waals surface area contributed by atoms with Crippen molar-refractivity contribution in [3.63, 3.8) is 0 Å². The van der Waals surface area contributed by atoms with Crippen LogP contribution in [0.5, 0.6) is 0 Å². The first-order valence-electron chi connectivity index (χ1n) is 8.08. The van der Waals surface area contributed by atoms with Crippen molar-refractivity contribution in [1.82, 2.24) is 4.90 Å². The van der Waals surface area contributed by atoms with Crippen molar-refractivity contribution in [3.8, 4) is 0 Å². The highest BCUT2D eigenvalue weighted by Gasteiger charge is 2.39. The molecular weight excluding hydrogens is 274 g/mol. The Labute approximate surface area is 130 Å². The van der Waals surface area contributed by atoms with E-state index in [1.54, 1.807) is 0 Å². The summed E-state index contributed by atoms with van der Waals surface area (Å²) in [5.41, 5.74) is -0.156. The van der Waals surface area contributed by atoms with E-state index in [-0.39, 0.29) is 23.8 Å². The van der Waals surface area contributed by atoms with E-state index < -0.39 is 0 Å². The van der Waals surface area contributed by atoms with E-state index >= 15 is 0 Å². The van der Waals surface area contributed by atoms with E-state index in [1.165, 1.54) is 19.3 Å². The second-order valence-electron chi connectivity index (χ2n) is 5.75. The highest BCUT2D eigenvalue weighted by molar-refractivity contribution is 5.85. The minimum atomic E-state index is -0.156. The highest BCUT2D eigenvalue weighted by atomic mass is 35.5.